The summed E-state index contributed by atoms with van der Waals surface area (Å²) in [6.07, 6.45) is 5.85. The zero-order chi connectivity index (χ0) is 11.0. The molecule has 0 aliphatic rings. The molecule has 0 aliphatic carbocycles. The normalized spacial score (nSPS) is 13.9. The van der Waals surface area contributed by atoms with Crippen LogP contribution in [-0.4, -0.2) is 11.7 Å². The fourth-order valence-electron chi connectivity index (χ4n) is 1.27. The van der Waals surface area contributed by atoms with Gasteiger partial charge in [-0.05, 0) is 38.7 Å². The minimum absolute atomic E-state index is 0.197. The molecule has 0 rings (SSSR count). The van der Waals surface area contributed by atoms with Crippen molar-refractivity contribution in [1.29, 1.82) is 0 Å². The number of halogens is 1. The fourth-order valence-corrected chi connectivity index (χ4v) is 1.27. The summed E-state index contributed by atoms with van der Waals surface area (Å²) in [6.45, 7) is 5.96. The summed E-state index contributed by atoms with van der Waals surface area (Å²) in [5.41, 5.74) is 1.31. The first-order valence-corrected chi connectivity index (χ1v) is 5.15. The Hall–Kier alpha value is -0.630. The van der Waals surface area contributed by atoms with Crippen LogP contribution in [0.15, 0.2) is 23.6 Å². The van der Waals surface area contributed by atoms with Crippen molar-refractivity contribution in [3.63, 3.8) is 0 Å². The van der Waals surface area contributed by atoms with E-state index in [-0.39, 0.29) is 12.4 Å². The van der Waals surface area contributed by atoms with Crippen molar-refractivity contribution in [2.75, 3.05) is 6.61 Å². The number of hydrogen-bond acceptors (Lipinski definition) is 1. The second kappa shape index (κ2) is 7.74. The van der Waals surface area contributed by atoms with Crippen LogP contribution in [-0.2, 0) is 0 Å². The molecule has 0 radical (unpaired) electrons. The Morgan fingerprint density at radius 3 is 2.50 bits per heavy atom. The van der Waals surface area contributed by atoms with E-state index in [1.807, 2.05) is 6.92 Å². The van der Waals surface area contributed by atoms with Crippen LogP contribution in [0.1, 0.15) is 40.0 Å². The quantitative estimate of drug-likeness (QED) is 0.649. The zero-order valence-electron chi connectivity index (χ0n) is 9.39. The van der Waals surface area contributed by atoms with Gasteiger partial charge >= 0.3 is 0 Å². The largest absolute Gasteiger partial charge is 0.392 e. The Bertz CT molecular complexity index is 202. The van der Waals surface area contributed by atoms with Crippen molar-refractivity contribution < 1.29 is 9.50 Å². The van der Waals surface area contributed by atoms with Crippen LogP contribution >= 0.6 is 0 Å². The van der Waals surface area contributed by atoms with E-state index in [1.54, 1.807) is 0 Å². The number of rotatable bonds is 6. The third-order valence-electron chi connectivity index (χ3n) is 2.07. The first-order valence-electron chi connectivity index (χ1n) is 5.15. The van der Waals surface area contributed by atoms with Gasteiger partial charge in [-0.2, -0.15) is 0 Å². The summed E-state index contributed by atoms with van der Waals surface area (Å²) in [7, 11) is 0. The zero-order valence-corrected chi connectivity index (χ0v) is 9.39. The average Bonchev–Trinajstić information content (AvgIpc) is 2.03. The van der Waals surface area contributed by atoms with Crippen molar-refractivity contribution in [2.45, 2.75) is 40.0 Å². The van der Waals surface area contributed by atoms with E-state index in [2.05, 4.69) is 19.9 Å². The molecule has 0 aromatic rings. The van der Waals surface area contributed by atoms with Crippen molar-refractivity contribution in [1.82, 2.24) is 0 Å². The maximum Gasteiger partial charge on any atom is 0.0985 e. The van der Waals surface area contributed by atoms with E-state index >= 15 is 0 Å². The van der Waals surface area contributed by atoms with Crippen LogP contribution in [0.2, 0.25) is 0 Å². The molecule has 0 spiro atoms. The monoisotopic (exact) mass is 200 g/mol. The average molecular weight is 200 g/mol. The molecule has 0 saturated heterocycles. The van der Waals surface area contributed by atoms with E-state index in [0.29, 0.717) is 12.3 Å². The second-order valence-corrected chi connectivity index (χ2v) is 4.00. The minimum Gasteiger partial charge on any atom is -0.392 e. The third-order valence-corrected chi connectivity index (χ3v) is 2.07. The Labute approximate surface area is 86.3 Å². The van der Waals surface area contributed by atoms with Gasteiger partial charge in [-0.1, -0.05) is 18.6 Å². The van der Waals surface area contributed by atoms with Gasteiger partial charge in [-0.3, -0.25) is 0 Å². The van der Waals surface area contributed by atoms with Gasteiger partial charge in [0, 0.05) is 6.42 Å². The van der Waals surface area contributed by atoms with Crippen LogP contribution in [0.5, 0.6) is 0 Å². The van der Waals surface area contributed by atoms with E-state index in [0.717, 1.165) is 12.8 Å². The highest BCUT2D eigenvalue weighted by atomic mass is 19.1. The molecular weight excluding hydrogens is 179 g/mol. The summed E-state index contributed by atoms with van der Waals surface area (Å²) in [6, 6.07) is 0. The second-order valence-electron chi connectivity index (χ2n) is 4.00. The first-order chi connectivity index (χ1) is 6.56. The van der Waals surface area contributed by atoms with Gasteiger partial charge < -0.3 is 5.11 Å². The highest BCUT2D eigenvalue weighted by molar-refractivity contribution is 4.95. The van der Waals surface area contributed by atoms with Crippen LogP contribution in [0.4, 0.5) is 4.39 Å². The van der Waals surface area contributed by atoms with Gasteiger partial charge in [-0.15, -0.1) is 0 Å². The summed E-state index contributed by atoms with van der Waals surface area (Å²) in [4.78, 5) is 0. The topological polar surface area (TPSA) is 20.2 Å². The summed E-state index contributed by atoms with van der Waals surface area (Å²) in [5, 5.41) is 8.47. The van der Waals surface area contributed by atoms with E-state index < -0.39 is 0 Å². The molecular formula is C12H21FO. The molecule has 0 fully saturated rings. The molecule has 2 heteroatoms. The number of allylic oxidation sites excluding steroid dienone is 3. The molecule has 0 aromatic carbocycles. The molecule has 82 valence electrons. The lowest BCUT2D eigenvalue weighted by molar-refractivity contribution is 0.336. The predicted octanol–water partition coefficient (Wildman–Crippen LogP) is 3.60. The minimum atomic E-state index is -0.202. The molecule has 1 nitrogen and oxygen atoms in total. The summed E-state index contributed by atoms with van der Waals surface area (Å²) in [5.74, 6) is 0.144. The van der Waals surface area contributed by atoms with Gasteiger partial charge in [0.1, 0.15) is 0 Å². The van der Waals surface area contributed by atoms with Crippen molar-refractivity contribution in [3.8, 4) is 0 Å². The lowest BCUT2D eigenvalue weighted by Crippen LogP contribution is -1.95. The summed E-state index contributed by atoms with van der Waals surface area (Å²) < 4.78 is 12.9. The van der Waals surface area contributed by atoms with E-state index in [1.165, 1.54) is 11.6 Å². The Kier molecular flexibility index (Phi) is 7.40. The molecule has 0 heterocycles. The Balaban J connectivity index is 3.70. The molecule has 0 amide bonds. The smallest absolute Gasteiger partial charge is 0.0985 e. The predicted molar refractivity (Wildman–Crippen MR) is 58.7 cm³/mol. The van der Waals surface area contributed by atoms with Crippen molar-refractivity contribution in [3.05, 3.63) is 23.6 Å². The molecule has 1 atom stereocenters. The molecule has 0 saturated carbocycles. The van der Waals surface area contributed by atoms with Gasteiger partial charge in [0.2, 0.25) is 0 Å². The number of hydrogen-bond donors (Lipinski definition) is 1. The molecule has 0 aromatic heterocycles. The van der Waals surface area contributed by atoms with Crippen LogP contribution in [0, 0.1) is 5.92 Å². The van der Waals surface area contributed by atoms with Crippen molar-refractivity contribution >= 4 is 0 Å². The molecule has 1 N–H and O–H groups in total. The lowest BCUT2D eigenvalue weighted by atomic mass is 10.0. The van der Waals surface area contributed by atoms with Crippen molar-refractivity contribution in [2.24, 2.45) is 5.92 Å². The fraction of sp³-hybridized carbons (Fsp3) is 0.667. The Morgan fingerprint density at radius 1 is 1.36 bits per heavy atom. The van der Waals surface area contributed by atoms with E-state index in [9.17, 15) is 4.39 Å². The first kappa shape index (κ1) is 13.4. The van der Waals surface area contributed by atoms with Gasteiger partial charge in [0.15, 0.2) is 0 Å². The molecule has 0 aliphatic heterocycles. The number of aliphatic hydroxyl groups is 1. The highest BCUT2D eigenvalue weighted by Gasteiger charge is 2.04. The lowest BCUT2D eigenvalue weighted by Gasteiger charge is -2.07. The van der Waals surface area contributed by atoms with E-state index in [4.69, 9.17) is 5.11 Å². The van der Waals surface area contributed by atoms with Crippen LogP contribution in [0.25, 0.3) is 0 Å². The standard InChI is InChI=1S/C12H21FO/c1-10(2)5-4-6-11(3)9-12(13)7-8-14/h5,7,11,14H,4,6,8-9H2,1-3H3/b12-7-. The molecule has 0 bridgehead atoms. The SMILES string of the molecule is CC(C)=CCCC(C)C/C(F)=C/CO. The van der Waals surface area contributed by atoms with Gasteiger partial charge in [0.25, 0.3) is 0 Å². The maximum atomic E-state index is 12.9. The maximum absolute atomic E-state index is 12.9. The third kappa shape index (κ3) is 7.99. The van der Waals surface area contributed by atoms with Crippen LogP contribution in [0.3, 0.4) is 0 Å². The van der Waals surface area contributed by atoms with Gasteiger partial charge in [-0.25, -0.2) is 4.39 Å². The molecule has 14 heavy (non-hydrogen) atoms. The summed E-state index contributed by atoms with van der Waals surface area (Å²) >= 11 is 0. The molecule has 1 unspecified atom stereocenters. The highest BCUT2D eigenvalue weighted by Crippen LogP contribution is 2.17. The number of aliphatic hydroxyl groups excluding tert-OH is 1. The van der Waals surface area contributed by atoms with Gasteiger partial charge in [0.05, 0.1) is 12.4 Å². The van der Waals surface area contributed by atoms with Crippen LogP contribution < -0.4 is 0 Å². The Morgan fingerprint density at radius 2 is 2.00 bits per heavy atom.